The van der Waals surface area contributed by atoms with Crippen molar-refractivity contribution in [2.24, 2.45) is 5.92 Å². The Labute approximate surface area is 120 Å². The van der Waals surface area contributed by atoms with E-state index in [9.17, 15) is 0 Å². The molecule has 0 aromatic carbocycles. The topological polar surface area (TPSA) is 95.2 Å². The second-order valence-corrected chi connectivity index (χ2v) is 5.12. The van der Waals surface area contributed by atoms with Crippen molar-refractivity contribution in [1.29, 1.82) is 0 Å². The summed E-state index contributed by atoms with van der Waals surface area (Å²) in [5.74, 6) is 0.914. The standard InChI is InChI=1S/C13H25N5O2/c1-6-19-7-10(8(2)3)15-12-16-11(14)17-13(18-12)20-9(4)5/h8-10H,6-7H2,1-5H3,(H3,14,15,16,17,18). The van der Waals surface area contributed by atoms with Gasteiger partial charge in [-0.1, -0.05) is 13.8 Å². The summed E-state index contributed by atoms with van der Waals surface area (Å²) < 4.78 is 10.9. The van der Waals surface area contributed by atoms with E-state index < -0.39 is 0 Å². The molecule has 114 valence electrons. The first kappa shape index (κ1) is 16.4. The first-order valence-corrected chi connectivity index (χ1v) is 6.94. The summed E-state index contributed by atoms with van der Waals surface area (Å²) >= 11 is 0. The highest BCUT2D eigenvalue weighted by Crippen LogP contribution is 2.14. The highest BCUT2D eigenvalue weighted by Gasteiger charge is 2.16. The molecule has 7 heteroatoms. The molecule has 1 rings (SSSR count). The lowest BCUT2D eigenvalue weighted by atomic mass is 10.1. The number of hydrogen-bond donors (Lipinski definition) is 2. The fraction of sp³-hybridized carbons (Fsp3) is 0.769. The molecule has 1 unspecified atom stereocenters. The highest BCUT2D eigenvalue weighted by molar-refractivity contribution is 5.33. The van der Waals surface area contributed by atoms with Crippen LogP contribution in [0.5, 0.6) is 6.01 Å². The van der Waals surface area contributed by atoms with Crippen molar-refractivity contribution >= 4 is 11.9 Å². The number of anilines is 2. The van der Waals surface area contributed by atoms with Gasteiger partial charge in [0.1, 0.15) is 0 Å². The van der Waals surface area contributed by atoms with Crippen molar-refractivity contribution in [3.8, 4) is 6.01 Å². The number of ether oxygens (including phenoxy) is 2. The van der Waals surface area contributed by atoms with Gasteiger partial charge in [0.05, 0.1) is 18.8 Å². The molecule has 0 bridgehead atoms. The normalized spacial score (nSPS) is 12.8. The largest absolute Gasteiger partial charge is 0.461 e. The van der Waals surface area contributed by atoms with Crippen LogP contribution in [-0.4, -0.2) is 40.3 Å². The van der Waals surface area contributed by atoms with Crippen molar-refractivity contribution in [2.45, 2.75) is 46.8 Å². The van der Waals surface area contributed by atoms with Gasteiger partial charge in [0.2, 0.25) is 11.9 Å². The third-order valence-electron chi connectivity index (χ3n) is 2.59. The molecule has 0 saturated heterocycles. The number of nitrogen functional groups attached to an aromatic ring is 1. The number of nitrogens with one attached hydrogen (secondary N) is 1. The fourth-order valence-electron chi connectivity index (χ4n) is 1.51. The molecule has 7 nitrogen and oxygen atoms in total. The first-order chi connectivity index (χ1) is 9.42. The lowest BCUT2D eigenvalue weighted by Gasteiger charge is -2.22. The number of aromatic nitrogens is 3. The van der Waals surface area contributed by atoms with Gasteiger partial charge in [-0.2, -0.15) is 15.0 Å². The molecular weight excluding hydrogens is 258 g/mol. The van der Waals surface area contributed by atoms with Crippen LogP contribution < -0.4 is 15.8 Å². The maximum Gasteiger partial charge on any atom is 0.323 e. The summed E-state index contributed by atoms with van der Waals surface area (Å²) in [6, 6.07) is 0.331. The Kier molecular flexibility index (Phi) is 6.44. The highest BCUT2D eigenvalue weighted by atomic mass is 16.5. The Morgan fingerprint density at radius 3 is 2.40 bits per heavy atom. The molecule has 0 amide bonds. The molecule has 0 spiro atoms. The van der Waals surface area contributed by atoms with Crippen molar-refractivity contribution in [3.63, 3.8) is 0 Å². The summed E-state index contributed by atoms with van der Waals surface area (Å²) in [4.78, 5) is 12.2. The van der Waals surface area contributed by atoms with Gasteiger partial charge in [-0.3, -0.25) is 0 Å². The van der Waals surface area contributed by atoms with Crippen LogP contribution in [0.4, 0.5) is 11.9 Å². The molecule has 20 heavy (non-hydrogen) atoms. The Morgan fingerprint density at radius 2 is 1.85 bits per heavy atom. The molecule has 0 aliphatic rings. The summed E-state index contributed by atoms with van der Waals surface area (Å²) in [5.41, 5.74) is 5.67. The van der Waals surface area contributed by atoms with Crippen LogP contribution in [0.1, 0.15) is 34.6 Å². The predicted molar refractivity (Wildman–Crippen MR) is 78.7 cm³/mol. The lowest BCUT2D eigenvalue weighted by Crippen LogP contribution is -2.32. The Morgan fingerprint density at radius 1 is 1.15 bits per heavy atom. The van der Waals surface area contributed by atoms with Crippen LogP contribution in [0.25, 0.3) is 0 Å². The molecule has 0 radical (unpaired) electrons. The van der Waals surface area contributed by atoms with E-state index in [0.717, 1.165) is 0 Å². The predicted octanol–water partition coefficient (Wildman–Crippen LogP) is 1.71. The van der Waals surface area contributed by atoms with Crippen molar-refractivity contribution in [3.05, 3.63) is 0 Å². The zero-order chi connectivity index (χ0) is 15.1. The van der Waals surface area contributed by atoms with E-state index in [1.54, 1.807) is 0 Å². The quantitative estimate of drug-likeness (QED) is 0.749. The van der Waals surface area contributed by atoms with Crippen LogP contribution in [0.3, 0.4) is 0 Å². The molecule has 1 aromatic rings. The van der Waals surface area contributed by atoms with E-state index in [4.69, 9.17) is 15.2 Å². The fourth-order valence-corrected chi connectivity index (χ4v) is 1.51. The smallest absolute Gasteiger partial charge is 0.323 e. The van der Waals surface area contributed by atoms with Gasteiger partial charge in [0.15, 0.2) is 0 Å². The molecule has 0 aliphatic carbocycles. The Balaban J connectivity index is 2.80. The van der Waals surface area contributed by atoms with Crippen molar-refractivity contribution in [1.82, 2.24) is 15.0 Å². The Hall–Kier alpha value is -1.63. The number of hydrogen-bond acceptors (Lipinski definition) is 7. The number of nitrogens with two attached hydrogens (primary N) is 1. The molecule has 1 atom stereocenters. The van der Waals surface area contributed by atoms with E-state index in [1.165, 1.54) is 0 Å². The van der Waals surface area contributed by atoms with Gasteiger partial charge >= 0.3 is 6.01 Å². The van der Waals surface area contributed by atoms with E-state index in [0.29, 0.717) is 25.1 Å². The van der Waals surface area contributed by atoms with Crippen LogP contribution in [0, 0.1) is 5.92 Å². The van der Waals surface area contributed by atoms with Gasteiger partial charge < -0.3 is 20.5 Å². The maximum atomic E-state index is 5.67. The summed E-state index contributed by atoms with van der Waals surface area (Å²) in [6.45, 7) is 11.2. The van der Waals surface area contributed by atoms with E-state index in [-0.39, 0.29) is 24.1 Å². The average Bonchev–Trinajstić information content (AvgIpc) is 2.32. The van der Waals surface area contributed by atoms with Gasteiger partial charge in [-0.15, -0.1) is 0 Å². The summed E-state index contributed by atoms with van der Waals surface area (Å²) in [5, 5.41) is 3.22. The minimum absolute atomic E-state index is 0.0195. The summed E-state index contributed by atoms with van der Waals surface area (Å²) in [7, 11) is 0. The average molecular weight is 283 g/mol. The monoisotopic (exact) mass is 283 g/mol. The zero-order valence-electron chi connectivity index (χ0n) is 12.9. The molecule has 0 aliphatic heterocycles. The minimum atomic E-state index is -0.0195. The van der Waals surface area contributed by atoms with Crippen molar-refractivity contribution < 1.29 is 9.47 Å². The summed E-state index contributed by atoms with van der Waals surface area (Å²) in [6.07, 6.45) is -0.0195. The van der Waals surface area contributed by atoms with Gasteiger partial charge in [-0.25, -0.2) is 0 Å². The van der Waals surface area contributed by atoms with Crippen LogP contribution >= 0.6 is 0 Å². The third kappa shape index (κ3) is 5.56. The van der Waals surface area contributed by atoms with E-state index in [2.05, 4.69) is 34.1 Å². The molecule has 0 saturated carbocycles. The zero-order valence-corrected chi connectivity index (χ0v) is 12.9. The van der Waals surface area contributed by atoms with Crippen LogP contribution in [0.15, 0.2) is 0 Å². The van der Waals surface area contributed by atoms with E-state index in [1.807, 2.05) is 20.8 Å². The molecular formula is C13H25N5O2. The van der Waals surface area contributed by atoms with Gasteiger partial charge in [0, 0.05) is 6.61 Å². The first-order valence-electron chi connectivity index (χ1n) is 6.94. The van der Waals surface area contributed by atoms with Crippen LogP contribution in [0.2, 0.25) is 0 Å². The minimum Gasteiger partial charge on any atom is -0.461 e. The van der Waals surface area contributed by atoms with Gasteiger partial charge in [0.25, 0.3) is 0 Å². The third-order valence-corrected chi connectivity index (χ3v) is 2.59. The molecule has 1 aromatic heterocycles. The SMILES string of the molecule is CCOCC(Nc1nc(N)nc(OC(C)C)n1)C(C)C. The lowest BCUT2D eigenvalue weighted by molar-refractivity contribution is 0.126. The maximum absolute atomic E-state index is 5.67. The second-order valence-electron chi connectivity index (χ2n) is 5.12. The molecule has 3 N–H and O–H groups in total. The van der Waals surface area contributed by atoms with E-state index >= 15 is 0 Å². The molecule has 0 fully saturated rings. The van der Waals surface area contributed by atoms with Gasteiger partial charge in [-0.05, 0) is 26.7 Å². The Bertz CT molecular complexity index is 412. The molecule has 1 heterocycles. The number of rotatable bonds is 8. The van der Waals surface area contributed by atoms with Crippen molar-refractivity contribution in [2.75, 3.05) is 24.3 Å². The van der Waals surface area contributed by atoms with Crippen LogP contribution in [-0.2, 0) is 4.74 Å². The number of nitrogens with zero attached hydrogens (tertiary/aromatic N) is 3. The second kappa shape index (κ2) is 7.84.